The second-order valence-electron chi connectivity index (χ2n) is 3.01. The topological polar surface area (TPSA) is 78.2 Å². The van der Waals surface area contributed by atoms with Crippen molar-refractivity contribution in [1.82, 2.24) is 0 Å². The molecule has 0 spiro atoms. The summed E-state index contributed by atoms with van der Waals surface area (Å²) in [6.45, 7) is 0. The molecule has 0 aromatic heterocycles. The van der Waals surface area contributed by atoms with E-state index in [9.17, 15) is 9.59 Å². The van der Waals surface area contributed by atoms with Gasteiger partial charge in [-0.15, -0.1) is 11.8 Å². The van der Waals surface area contributed by atoms with Gasteiger partial charge in [-0.3, -0.25) is 4.79 Å². The normalized spacial score (nSPS) is 10.1. The fourth-order valence-corrected chi connectivity index (χ4v) is 1.63. The fourth-order valence-electron chi connectivity index (χ4n) is 1.07. The van der Waals surface area contributed by atoms with Crippen LogP contribution in [-0.4, -0.2) is 22.6 Å². The number of carbonyl (C=O) groups is 2. The van der Waals surface area contributed by atoms with Gasteiger partial charge in [0.05, 0.1) is 11.8 Å². The van der Waals surface area contributed by atoms with Gasteiger partial charge >= 0.3 is 5.97 Å². The molecule has 1 rings (SSSR count). The zero-order valence-electron chi connectivity index (χ0n) is 8.79. The summed E-state index contributed by atoms with van der Waals surface area (Å²) in [6, 6.07) is 8.67. The first-order valence-corrected chi connectivity index (χ1v) is 5.67. The van der Waals surface area contributed by atoms with Crippen molar-refractivity contribution >= 4 is 23.5 Å². The Balaban J connectivity index is 2.71. The van der Waals surface area contributed by atoms with Crippen LogP contribution in [0, 0.1) is 11.3 Å². The Morgan fingerprint density at radius 2 is 1.94 bits per heavy atom. The Kier molecular flexibility index (Phi) is 4.98. The number of rotatable bonds is 5. The molecule has 0 heterocycles. The highest BCUT2D eigenvalue weighted by Crippen LogP contribution is 2.17. The number of hydrogen-bond acceptors (Lipinski definition) is 4. The molecule has 0 radical (unpaired) electrons. The van der Waals surface area contributed by atoms with Gasteiger partial charge < -0.3 is 5.11 Å². The van der Waals surface area contributed by atoms with Crippen LogP contribution >= 0.6 is 11.8 Å². The van der Waals surface area contributed by atoms with E-state index in [1.807, 2.05) is 6.07 Å². The first kappa shape index (κ1) is 13.0. The highest BCUT2D eigenvalue weighted by atomic mass is 32.2. The number of nitriles is 1. The van der Waals surface area contributed by atoms with Crippen molar-refractivity contribution < 1.29 is 14.7 Å². The van der Waals surface area contributed by atoms with E-state index in [4.69, 9.17) is 10.4 Å². The van der Waals surface area contributed by atoms with E-state index >= 15 is 0 Å². The van der Waals surface area contributed by atoms with Crippen LogP contribution in [0.15, 0.2) is 41.3 Å². The lowest BCUT2D eigenvalue weighted by Gasteiger charge is -1.98. The monoisotopic (exact) mass is 247 g/mol. The molecule has 0 aliphatic rings. The number of carboxylic acids is 1. The van der Waals surface area contributed by atoms with Crippen molar-refractivity contribution in [3.05, 3.63) is 42.0 Å². The molecule has 86 valence electrons. The van der Waals surface area contributed by atoms with Crippen molar-refractivity contribution in [2.24, 2.45) is 0 Å². The third-order valence-electron chi connectivity index (χ3n) is 1.82. The summed E-state index contributed by atoms with van der Waals surface area (Å²) >= 11 is 1.37. The maximum atomic E-state index is 11.5. The van der Waals surface area contributed by atoms with Crippen LogP contribution in [-0.2, 0) is 4.79 Å². The van der Waals surface area contributed by atoms with Crippen molar-refractivity contribution in [2.45, 2.75) is 4.90 Å². The molecule has 0 bridgehead atoms. The molecule has 0 fully saturated rings. The van der Waals surface area contributed by atoms with Gasteiger partial charge in [0.2, 0.25) is 0 Å². The molecule has 0 aliphatic carbocycles. The average Bonchev–Trinajstić information content (AvgIpc) is 2.34. The largest absolute Gasteiger partial charge is 0.478 e. The average molecular weight is 247 g/mol. The number of carboxylic acid groups (broad SMARTS) is 1. The molecule has 4 nitrogen and oxygen atoms in total. The molecule has 0 amide bonds. The minimum absolute atomic E-state index is 0.353. The van der Waals surface area contributed by atoms with E-state index in [0.29, 0.717) is 11.3 Å². The Labute approximate surface area is 103 Å². The van der Waals surface area contributed by atoms with E-state index in [-0.39, 0.29) is 5.78 Å². The van der Waals surface area contributed by atoms with Gasteiger partial charge in [-0.05, 0) is 30.3 Å². The van der Waals surface area contributed by atoms with Crippen LogP contribution < -0.4 is 0 Å². The summed E-state index contributed by atoms with van der Waals surface area (Å²) < 4.78 is 0. The smallest absolute Gasteiger partial charge is 0.328 e. The fraction of sp³-hybridized carbons (Fsp3) is 0.0833. The zero-order chi connectivity index (χ0) is 12.7. The summed E-state index contributed by atoms with van der Waals surface area (Å²) in [7, 11) is 0. The van der Waals surface area contributed by atoms with E-state index in [1.54, 1.807) is 24.3 Å². The van der Waals surface area contributed by atoms with Gasteiger partial charge in [0.15, 0.2) is 5.78 Å². The van der Waals surface area contributed by atoms with Gasteiger partial charge in [0.1, 0.15) is 0 Å². The molecule has 0 saturated heterocycles. The minimum atomic E-state index is -1.15. The van der Waals surface area contributed by atoms with Crippen molar-refractivity contribution in [2.75, 3.05) is 5.75 Å². The first-order valence-electron chi connectivity index (χ1n) is 4.68. The molecule has 1 N–H and O–H groups in total. The summed E-state index contributed by atoms with van der Waals surface area (Å²) in [5, 5.41) is 16.8. The second-order valence-corrected chi connectivity index (χ2v) is 4.06. The van der Waals surface area contributed by atoms with Gasteiger partial charge in [-0.25, -0.2) is 4.79 Å². The van der Waals surface area contributed by atoms with E-state index in [0.717, 1.165) is 17.0 Å². The van der Waals surface area contributed by atoms with Crippen molar-refractivity contribution in [3.63, 3.8) is 0 Å². The van der Waals surface area contributed by atoms with Crippen molar-refractivity contribution in [1.29, 1.82) is 5.26 Å². The summed E-state index contributed by atoms with van der Waals surface area (Å²) in [6.07, 6.45) is 1.82. The van der Waals surface area contributed by atoms with Gasteiger partial charge in [-0.2, -0.15) is 5.26 Å². The molecular formula is C12H9NO3S. The molecule has 1 aromatic carbocycles. The van der Waals surface area contributed by atoms with Crippen LogP contribution in [0.4, 0.5) is 0 Å². The number of thioether (sulfide) groups is 1. The second kappa shape index (κ2) is 6.51. The van der Waals surface area contributed by atoms with Gasteiger partial charge in [0, 0.05) is 16.5 Å². The lowest BCUT2D eigenvalue weighted by Crippen LogP contribution is -1.96. The third-order valence-corrected chi connectivity index (χ3v) is 2.70. The Morgan fingerprint density at radius 1 is 1.29 bits per heavy atom. The van der Waals surface area contributed by atoms with Crippen LogP contribution in [0.3, 0.4) is 0 Å². The Morgan fingerprint density at radius 3 is 2.47 bits per heavy atom. The number of hydrogen-bond donors (Lipinski definition) is 1. The zero-order valence-corrected chi connectivity index (χ0v) is 9.61. The van der Waals surface area contributed by atoms with Crippen molar-refractivity contribution in [3.8, 4) is 6.07 Å². The van der Waals surface area contributed by atoms with E-state index in [2.05, 4.69) is 0 Å². The minimum Gasteiger partial charge on any atom is -0.478 e. The molecule has 0 atom stereocenters. The Bertz CT molecular complexity index is 485. The predicted molar refractivity (Wildman–Crippen MR) is 63.9 cm³/mol. The number of benzene rings is 1. The van der Waals surface area contributed by atoms with Crippen LogP contribution in [0.1, 0.15) is 10.4 Å². The molecule has 5 heteroatoms. The third kappa shape index (κ3) is 4.53. The summed E-state index contributed by atoms with van der Waals surface area (Å²) in [4.78, 5) is 22.6. The van der Waals surface area contributed by atoms with Crippen LogP contribution in [0.2, 0.25) is 0 Å². The molecular weight excluding hydrogens is 238 g/mol. The number of aliphatic carboxylic acids is 1. The predicted octanol–water partition coefficient (Wildman–Crippen LogP) is 2.13. The Hall–Kier alpha value is -2.06. The van der Waals surface area contributed by atoms with E-state index < -0.39 is 5.97 Å². The molecule has 0 saturated carbocycles. The maximum absolute atomic E-state index is 11.5. The number of allylic oxidation sites excluding steroid dienone is 1. The number of carbonyl (C=O) groups excluding carboxylic acids is 1. The van der Waals surface area contributed by atoms with Gasteiger partial charge in [0.25, 0.3) is 0 Å². The number of nitrogens with zero attached hydrogens (tertiary/aromatic N) is 1. The molecule has 17 heavy (non-hydrogen) atoms. The standard InChI is InChI=1S/C12H9NO3S/c13-7-8-17-10-3-1-9(2-4-10)11(14)5-6-12(15)16/h1-6H,8H2,(H,15,16)/b6-5+. The van der Waals surface area contributed by atoms with Crippen LogP contribution in [0.25, 0.3) is 0 Å². The summed E-state index contributed by atoms with van der Waals surface area (Å²) in [5.41, 5.74) is 0.420. The van der Waals surface area contributed by atoms with Gasteiger partial charge in [-0.1, -0.05) is 0 Å². The molecule has 1 aromatic rings. The van der Waals surface area contributed by atoms with E-state index in [1.165, 1.54) is 11.8 Å². The lowest BCUT2D eigenvalue weighted by molar-refractivity contribution is -0.131. The highest BCUT2D eigenvalue weighted by molar-refractivity contribution is 7.99. The maximum Gasteiger partial charge on any atom is 0.328 e. The number of ketones is 1. The summed E-state index contributed by atoms with van der Waals surface area (Å²) in [5.74, 6) is -1.16. The van der Waals surface area contributed by atoms with Crippen LogP contribution in [0.5, 0.6) is 0 Å². The first-order chi connectivity index (χ1) is 8.13. The molecule has 0 unspecified atom stereocenters. The SMILES string of the molecule is N#CCSc1ccc(C(=O)/C=C/C(=O)O)cc1. The lowest BCUT2D eigenvalue weighted by atomic mass is 10.1. The highest BCUT2D eigenvalue weighted by Gasteiger charge is 2.02. The molecule has 0 aliphatic heterocycles. The quantitative estimate of drug-likeness (QED) is 0.490.